The van der Waals surface area contributed by atoms with E-state index in [1.54, 1.807) is 18.2 Å². The molecule has 3 aromatic heterocycles. The molecule has 0 aliphatic rings. The largest absolute Gasteiger partial charge is 0.508 e. The van der Waals surface area contributed by atoms with Crippen molar-refractivity contribution in [1.82, 2.24) is 15.0 Å². The van der Waals surface area contributed by atoms with Gasteiger partial charge in [0.15, 0.2) is 5.65 Å². The van der Waals surface area contributed by atoms with Crippen molar-refractivity contribution in [1.29, 1.82) is 0 Å². The highest BCUT2D eigenvalue weighted by atomic mass is 16.3. The van der Waals surface area contributed by atoms with Gasteiger partial charge in [0.25, 0.3) is 0 Å². The van der Waals surface area contributed by atoms with Crippen LogP contribution in [-0.2, 0) is 0 Å². The highest BCUT2D eigenvalue weighted by Gasteiger charge is 2.08. The quantitative estimate of drug-likeness (QED) is 0.492. The summed E-state index contributed by atoms with van der Waals surface area (Å²) >= 11 is 0. The van der Waals surface area contributed by atoms with Crippen LogP contribution in [0.2, 0.25) is 0 Å². The minimum Gasteiger partial charge on any atom is -0.508 e. The number of hydrogen-bond donors (Lipinski definition) is 2. The zero-order valence-corrected chi connectivity index (χ0v) is 9.38. The van der Waals surface area contributed by atoms with Gasteiger partial charge in [-0.3, -0.25) is 0 Å². The summed E-state index contributed by atoms with van der Waals surface area (Å²) in [6.07, 6.45) is 1.87. The number of fused-ring (bicyclic) bond motifs is 4. The summed E-state index contributed by atoms with van der Waals surface area (Å²) in [7, 11) is 0. The summed E-state index contributed by atoms with van der Waals surface area (Å²) in [6, 6.07) is 11.0. The summed E-state index contributed by atoms with van der Waals surface area (Å²) < 4.78 is 0. The third kappa shape index (κ3) is 1.20. The maximum atomic E-state index is 9.57. The highest BCUT2D eigenvalue weighted by Crippen LogP contribution is 2.28. The Labute approximate surface area is 102 Å². The van der Waals surface area contributed by atoms with E-state index in [0.29, 0.717) is 5.65 Å². The number of phenolic OH excluding ortho intramolecular Hbond substituents is 1. The predicted octanol–water partition coefficient (Wildman–Crippen LogP) is 2.97. The lowest BCUT2D eigenvalue weighted by Gasteiger charge is -1.97. The van der Waals surface area contributed by atoms with Gasteiger partial charge in [0.2, 0.25) is 0 Å². The number of aromatic hydroxyl groups is 1. The van der Waals surface area contributed by atoms with Crippen LogP contribution in [0.5, 0.6) is 5.75 Å². The Bertz CT molecular complexity index is 895. The summed E-state index contributed by atoms with van der Waals surface area (Å²) in [5.41, 5.74) is 3.41. The molecule has 0 bridgehead atoms. The number of nitrogens with one attached hydrogen (secondary N) is 1. The molecule has 0 aliphatic carbocycles. The van der Waals surface area contributed by atoms with Gasteiger partial charge in [0, 0.05) is 17.0 Å². The van der Waals surface area contributed by atoms with Crippen molar-refractivity contribution in [3.8, 4) is 5.75 Å². The molecule has 0 unspecified atom stereocenters. The molecule has 0 aliphatic heterocycles. The van der Waals surface area contributed by atoms with Gasteiger partial charge >= 0.3 is 0 Å². The Hall–Kier alpha value is -2.62. The van der Waals surface area contributed by atoms with Crippen molar-refractivity contribution in [3.05, 3.63) is 42.6 Å². The van der Waals surface area contributed by atoms with Crippen LogP contribution in [0.15, 0.2) is 42.6 Å². The van der Waals surface area contributed by atoms with Crippen LogP contribution in [-0.4, -0.2) is 20.1 Å². The molecule has 2 N–H and O–H groups in total. The number of benzene rings is 1. The van der Waals surface area contributed by atoms with E-state index in [2.05, 4.69) is 15.0 Å². The van der Waals surface area contributed by atoms with Crippen molar-refractivity contribution in [3.63, 3.8) is 0 Å². The maximum absolute atomic E-state index is 9.57. The van der Waals surface area contributed by atoms with E-state index in [9.17, 15) is 5.11 Å². The van der Waals surface area contributed by atoms with E-state index in [1.807, 2.05) is 24.4 Å². The molecule has 0 spiro atoms. The lowest BCUT2D eigenvalue weighted by molar-refractivity contribution is 0.476. The fourth-order valence-corrected chi connectivity index (χ4v) is 2.27. The third-order valence-electron chi connectivity index (χ3n) is 3.12. The van der Waals surface area contributed by atoms with Crippen molar-refractivity contribution >= 4 is 33.0 Å². The first-order valence-electron chi connectivity index (χ1n) is 5.68. The average Bonchev–Trinajstić information content (AvgIpc) is 2.73. The fraction of sp³-hybridized carbons (Fsp3) is 0. The molecule has 1 aromatic carbocycles. The number of hydrogen-bond acceptors (Lipinski definition) is 3. The Morgan fingerprint density at radius 1 is 0.944 bits per heavy atom. The molecule has 0 amide bonds. The van der Waals surface area contributed by atoms with Crippen LogP contribution in [0, 0.1) is 0 Å². The number of pyridine rings is 2. The Balaban J connectivity index is 2.25. The normalized spacial score (nSPS) is 11.6. The average molecular weight is 235 g/mol. The van der Waals surface area contributed by atoms with Gasteiger partial charge in [-0.05, 0) is 36.4 Å². The second-order valence-electron chi connectivity index (χ2n) is 4.28. The molecule has 4 nitrogen and oxygen atoms in total. The van der Waals surface area contributed by atoms with Crippen LogP contribution in [0.1, 0.15) is 0 Å². The summed E-state index contributed by atoms with van der Waals surface area (Å²) in [6.45, 7) is 0. The van der Waals surface area contributed by atoms with Gasteiger partial charge in [0.1, 0.15) is 5.75 Å². The van der Waals surface area contributed by atoms with Crippen LogP contribution in [0.4, 0.5) is 0 Å². The Morgan fingerprint density at radius 3 is 2.78 bits per heavy atom. The molecular weight excluding hydrogens is 226 g/mol. The fourth-order valence-electron chi connectivity index (χ4n) is 2.27. The number of phenols is 1. The molecule has 4 aromatic rings. The van der Waals surface area contributed by atoms with Gasteiger partial charge in [-0.15, -0.1) is 0 Å². The third-order valence-corrected chi connectivity index (χ3v) is 3.12. The van der Waals surface area contributed by atoms with Crippen LogP contribution in [0.3, 0.4) is 0 Å². The molecule has 4 heteroatoms. The standard InChI is InChI=1S/C14H9N3O/c18-8-3-4-11-9(6-8)10-7-13-12(2-1-5-15-13)17-14(10)16-11/h1-7,15,18H. The first-order chi connectivity index (χ1) is 8.81. The van der Waals surface area contributed by atoms with E-state index in [4.69, 9.17) is 0 Å². The van der Waals surface area contributed by atoms with E-state index >= 15 is 0 Å². The van der Waals surface area contributed by atoms with Crippen molar-refractivity contribution < 1.29 is 5.11 Å². The van der Waals surface area contributed by atoms with Gasteiger partial charge in [0.05, 0.1) is 16.6 Å². The monoisotopic (exact) mass is 235 g/mol. The second-order valence-corrected chi connectivity index (χ2v) is 4.28. The molecule has 18 heavy (non-hydrogen) atoms. The topological polar surface area (TPSA) is 61.8 Å². The molecule has 0 atom stereocenters. The van der Waals surface area contributed by atoms with E-state index < -0.39 is 0 Å². The Kier molecular flexibility index (Phi) is 1.67. The number of aromatic nitrogens is 3. The molecule has 3 heterocycles. The number of nitrogens with zero attached hydrogens (tertiary/aromatic N) is 2. The molecular formula is C14H9N3O. The summed E-state index contributed by atoms with van der Waals surface area (Å²) in [5, 5.41) is 11.4. The van der Waals surface area contributed by atoms with Gasteiger partial charge in [-0.1, -0.05) is 0 Å². The van der Waals surface area contributed by atoms with E-state index in [0.717, 1.165) is 27.3 Å². The predicted molar refractivity (Wildman–Crippen MR) is 70.6 cm³/mol. The van der Waals surface area contributed by atoms with Crippen LogP contribution in [0.25, 0.3) is 33.0 Å². The molecule has 0 fully saturated rings. The lowest BCUT2D eigenvalue weighted by atomic mass is 10.1. The first kappa shape index (κ1) is 9.41. The zero-order chi connectivity index (χ0) is 12.1. The maximum Gasteiger partial charge on any atom is 0.161 e. The molecule has 0 saturated carbocycles. The summed E-state index contributed by atoms with van der Waals surface area (Å²) in [4.78, 5) is 12.2. The number of aromatic amines is 1. The molecule has 4 rings (SSSR count). The van der Waals surface area contributed by atoms with Gasteiger partial charge < -0.3 is 10.1 Å². The Morgan fingerprint density at radius 2 is 1.83 bits per heavy atom. The van der Waals surface area contributed by atoms with E-state index in [1.165, 1.54) is 0 Å². The molecule has 0 radical (unpaired) electrons. The van der Waals surface area contributed by atoms with Crippen molar-refractivity contribution in [2.45, 2.75) is 0 Å². The number of rotatable bonds is 0. The van der Waals surface area contributed by atoms with Gasteiger partial charge in [-0.2, -0.15) is 0 Å². The smallest absolute Gasteiger partial charge is 0.161 e. The zero-order valence-electron chi connectivity index (χ0n) is 9.38. The first-order valence-corrected chi connectivity index (χ1v) is 5.68. The molecule has 0 saturated heterocycles. The minimum atomic E-state index is 0.244. The van der Waals surface area contributed by atoms with Crippen LogP contribution < -0.4 is 0 Å². The highest BCUT2D eigenvalue weighted by molar-refractivity contribution is 6.09. The lowest BCUT2D eigenvalue weighted by Crippen LogP contribution is -1.82. The van der Waals surface area contributed by atoms with Crippen molar-refractivity contribution in [2.24, 2.45) is 0 Å². The summed E-state index contributed by atoms with van der Waals surface area (Å²) in [5.74, 6) is 0.244. The van der Waals surface area contributed by atoms with Gasteiger partial charge in [-0.25, -0.2) is 9.97 Å². The minimum absolute atomic E-state index is 0.244. The van der Waals surface area contributed by atoms with Crippen molar-refractivity contribution in [2.75, 3.05) is 0 Å². The second kappa shape index (κ2) is 3.20. The SMILES string of the molecule is Oc1ccc2nc3nc4ccc[nH]c4cc3c2c1. The van der Waals surface area contributed by atoms with E-state index in [-0.39, 0.29) is 5.75 Å². The number of H-pyrrole nitrogens is 1. The molecule has 86 valence electrons. The van der Waals surface area contributed by atoms with Crippen LogP contribution >= 0.6 is 0 Å².